The number of aromatic nitrogens is 1. The largest absolute Gasteiger partial charge is 0.439 e. The summed E-state index contributed by atoms with van der Waals surface area (Å²) in [6.45, 7) is -0.0355. The normalized spacial score (nSPS) is 10.2. The number of hydrogen-bond acceptors (Lipinski definition) is 5. The maximum Gasteiger partial charge on any atom is 0.251 e. The van der Waals surface area contributed by atoms with Crippen LogP contribution in [0, 0.1) is 0 Å². The van der Waals surface area contributed by atoms with E-state index in [4.69, 9.17) is 21.3 Å². The van der Waals surface area contributed by atoms with Gasteiger partial charge < -0.3 is 21.3 Å². The molecule has 0 radical (unpaired) electrons. The molecule has 1 aromatic heterocycles. The lowest BCUT2D eigenvalue weighted by Crippen LogP contribution is -2.13. The third kappa shape index (κ3) is 2.99. The first-order valence-corrected chi connectivity index (χ1v) is 5.53. The van der Waals surface area contributed by atoms with Gasteiger partial charge in [0.05, 0.1) is 24.1 Å². The number of pyridine rings is 1. The Hall–Kier alpha value is -2.60. The van der Waals surface area contributed by atoms with E-state index in [1.807, 2.05) is 0 Å². The van der Waals surface area contributed by atoms with E-state index < -0.39 is 5.91 Å². The molecule has 5 N–H and O–H groups in total. The quantitative estimate of drug-likeness (QED) is 0.759. The van der Waals surface area contributed by atoms with Crippen LogP contribution in [0.15, 0.2) is 36.5 Å². The molecule has 19 heavy (non-hydrogen) atoms. The van der Waals surface area contributed by atoms with Gasteiger partial charge >= 0.3 is 0 Å². The van der Waals surface area contributed by atoms with Gasteiger partial charge in [0.1, 0.15) is 5.75 Å². The molecule has 0 aliphatic carbocycles. The Bertz CT molecular complexity index is 597. The first kappa shape index (κ1) is 12.8. The number of aliphatic hydroxyl groups is 1. The standard InChI is InChI=1S/C13H13N3O3/c14-11-6-16-12(5-10(11)13(15)18)19-9-3-1-8(7-17)2-4-9/h1-6,17H,7,14H2,(H2,15,18). The molecule has 0 saturated heterocycles. The molecule has 2 rings (SSSR count). The number of carbonyl (C=O) groups is 1. The molecule has 1 amide bonds. The highest BCUT2D eigenvalue weighted by Crippen LogP contribution is 2.22. The van der Waals surface area contributed by atoms with E-state index in [0.717, 1.165) is 5.56 Å². The van der Waals surface area contributed by atoms with Crippen molar-refractivity contribution in [3.8, 4) is 11.6 Å². The van der Waals surface area contributed by atoms with Crippen molar-refractivity contribution in [1.29, 1.82) is 0 Å². The average Bonchev–Trinajstić information content (AvgIpc) is 2.41. The summed E-state index contributed by atoms with van der Waals surface area (Å²) in [4.78, 5) is 15.1. The fourth-order valence-corrected chi connectivity index (χ4v) is 1.50. The molecule has 0 fully saturated rings. The molecule has 0 spiro atoms. The van der Waals surface area contributed by atoms with E-state index in [1.165, 1.54) is 12.3 Å². The highest BCUT2D eigenvalue weighted by Gasteiger charge is 2.09. The van der Waals surface area contributed by atoms with Gasteiger partial charge in [0.25, 0.3) is 5.91 Å². The van der Waals surface area contributed by atoms with Crippen LogP contribution in [0.2, 0.25) is 0 Å². The number of aliphatic hydroxyl groups excluding tert-OH is 1. The summed E-state index contributed by atoms with van der Waals surface area (Å²) in [5, 5.41) is 8.93. The van der Waals surface area contributed by atoms with Gasteiger partial charge in [0.15, 0.2) is 0 Å². The second-order valence-corrected chi connectivity index (χ2v) is 3.88. The van der Waals surface area contributed by atoms with Gasteiger partial charge in [-0.1, -0.05) is 12.1 Å². The summed E-state index contributed by atoms with van der Waals surface area (Å²) < 4.78 is 5.47. The minimum Gasteiger partial charge on any atom is -0.439 e. The lowest BCUT2D eigenvalue weighted by Gasteiger charge is -2.07. The van der Waals surface area contributed by atoms with Crippen LogP contribution < -0.4 is 16.2 Å². The number of benzene rings is 1. The third-order valence-electron chi connectivity index (χ3n) is 2.50. The minimum absolute atomic E-state index is 0.0355. The Morgan fingerprint density at radius 2 is 2.00 bits per heavy atom. The van der Waals surface area contributed by atoms with Crippen molar-refractivity contribution < 1.29 is 14.6 Å². The van der Waals surface area contributed by atoms with Crippen molar-refractivity contribution in [3.05, 3.63) is 47.7 Å². The molecule has 0 unspecified atom stereocenters. The van der Waals surface area contributed by atoms with E-state index in [0.29, 0.717) is 5.75 Å². The van der Waals surface area contributed by atoms with Crippen LogP contribution in [0.4, 0.5) is 5.69 Å². The van der Waals surface area contributed by atoms with E-state index in [1.54, 1.807) is 24.3 Å². The maximum atomic E-state index is 11.1. The molecule has 2 aromatic rings. The zero-order chi connectivity index (χ0) is 13.8. The number of carbonyl (C=O) groups excluding carboxylic acids is 1. The minimum atomic E-state index is -0.639. The smallest absolute Gasteiger partial charge is 0.251 e. The molecule has 0 atom stereocenters. The first-order valence-electron chi connectivity index (χ1n) is 5.53. The number of amides is 1. The zero-order valence-corrected chi connectivity index (χ0v) is 10.0. The first-order chi connectivity index (χ1) is 9.10. The van der Waals surface area contributed by atoms with E-state index in [9.17, 15) is 4.79 Å². The number of primary amides is 1. The second-order valence-electron chi connectivity index (χ2n) is 3.88. The number of anilines is 1. The van der Waals surface area contributed by atoms with Crippen LogP contribution in [0.3, 0.4) is 0 Å². The molecule has 1 heterocycles. The van der Waals surface area contributed by atoms with Crippen LogP contribution in [0.25, 0.3) is 0 Å². The van der Waals surface area contributed by atoms with Gasteiger partial charge in [-0.25, -0.2) is 4.98 Å². The Morgan fingerprint density at radius 3 is 2.58 bits per heavy atom. The highest BCUT2D eigenvalue weighted by atomic mass is 16.5. The molecular formula is C13H13N3O3. The molecule has 6 nitrogen and oxygen atoms in total. The molecule has 1 aromatic carbocycles. The SMILES string of the molecule is NC(=O)c1cc(Oc2ccc(CO)cc2)ncc1N. The zero-order valence-electron chi connectivity index (χ0n) is 10.0. The summed E-state index contributed by atoms with van der Waals surface area (Å²) in [7, 11) is 0. The fraction of sp³-hybridized carbons (Fsp3) is 0.0769. The Balaban J connectivity index is 2.22. The molecule has 98 valence electrons. The van der Waals surface area contributed by atoms with Crippen molar-refractivity contribution in [3.63, 3.8) is 0 Å². The van der Waals surface area contributed by atoms with Crippen LogP contribution in [-0.4, -0.2) is 16.0 Å². The van der Waals surface area contributed by atoms with Crippen molar-refractivity contribution in [2.24, 2.45) is 5.73 Å². The van der Waals surface area contributed by atoms with E-state index >= 15 is 0 Å². The van der Waals surface area contributed by atoms with Crippen LogP contribution in [-0.2, 0) is 6.61 Å². The number of hydrogen-bond donors (Lipinski definition) is 3. The molecule has 0 aliphatic heterocycles. The summed E-state index contributed by atoms with van der Waals surface area (Å²) in [5.41, 5.74) is 11.9. The van der Waals surface area contributed by atoms with Gasteiger partial charge in [0.2, 0.25) is 5.88 Å². The number of nitrogens with two attached hydrogens (primary N) is 2. The third-order valence-corrected chi connectivity index (χ3v) is 2.50. The molecular weight excluding hydrogens is 246 g/mol. The predicted octanol–water partition coefficient (Wildman–Crippen LogP) is 1.05. The number of rotatable bonds is 4. The summed E-state index contributed by atoms with van der Waals surface area (Å²) >= 11 is 0. The molecule has 0 aliphatic rings. The summed E-state index contributed by atoms with van der Waals surface area (Å²) in [5.74, 6) is 0.116. The topological polar surface area (TPSA) is 111 Å². The van der Waals surface area contributed by atoms with Crippen molar-refractivity contribution in [2.75, 3.05) is 5.73 Å². The van der Waals surface area contributed by atoms with Gasteiger partial charge in [-0.05, 0) is 17.7 Å². The number of nitrogen functional groups attached to an aromatic ring is 1. The van der Waals surface area contributed by atoms with Crippen molar-refractivity contribution >= 4 is 11.6 Å². The van der Waals surface area contributed by atoms with Crippen molar-refractivity contribution in [1.82, 2.24) is 4.98 Å². The molecule has 6 heteroatoms. The van der Waals surface area contributed by atoms with Crippen LogP contribution >= 0.6 is 0 Å². The number of nitrogens with zero attached hydrogens (tertiary/aromatic N) is 1. The van der Waals surface area contributed by atoms with Gasteiger partial charge in [-0.3, -0.25) is 4.79 Å². The molecule has 0 bridgehead atoms. The van der Waals surface area contributed by atoms with Gasteiger partial charge in [0, 0.05) is 6.07 Å². The average molecular weight is 259 g/mol. The highest BCUT2D eigenvalue weighted by molar-refractivity contribution is 5.98. The Morgan fingerprint density at radius 1 is 1.32 bits per heavy atom. The second kappa shape index (κ2) is 5.36. The Labute approximate surface area is 109 Å². The van der Waals surface area contributed by atoms with Gasteiger partial charge in [-0.15, -0.1) is 0 Å². The summed E-state index contributed by atoms with van der Waals surface area (Å²) in [6.07, 6.45) is 1.32. The monoisotopic (exact) mass is 259 g/mol. The maximum absolute atomic E-state index is 11.1. The fourth-order valence-electron chi connectivity index (χ4n) is 1.50. The summed E-state index contributed by atoms with van der Waals surface area (Å²) in [6, 6.07) is 8.21. The van der Waals surface area contributed by atoms with Crippen molar-refractivity contribution in [2.45, 2.75) is 6.61 Å². The van der Waals surface area contributed by atoms with E-state index in [2.05, 4.69) is 4.98 Å². The van der Waals surface area contributed by atoms with E-state index in [-0.39, 0.29) is 23.7 Å². The lowest BCUT2D eigenvalue weighted by atomic mass is 10.2. The molecule has 0 saturated carbocycles. The van der Waals surface area contributed by atoms with Crippen LogP contribution in [0.1, 0.15) is 15.9 Å². The lowest BCUT2D eigenvalue weighted by molar-refractivity contribution is 0.100. The van der Waals surface area contributed by atoms with Gasteiger partial charge in [-0.2, -0.15) is 0 Å². The Kier molecular flexibility index (Phi) is 3.63. The van der Waals surface area contributed by atoms with Crippen LogP contribution in [0.5, 0.6) is 11.6 Å². The predicted molar refractivity (Wildman–Crippen MR) is 69.6 cm³/mol. The number of ether oxygens (including phenoxy) is 1.